The number of thiol groups is 1. The molecule has 0 amide bonds. The lowest BCUT2D eigenvalue weighted by Gasteiger charge is -1.96. The Labute approximate surface area is 61.2 Å². The number of ether oxygens (including phenoxy) is 1. The molecule has 2 heteroatoms. The van der Waals surface area contributed by atoms with Gasteiger partial charge in [0.2, 0.25) is 0 Å². The zero-order chi connectivity index (χ0) is 7.40. The summed E-state index contributed by atoms with van der Waals surface area (Å²) in [6, 6.07) is 7.40. The third-order valence-corrected chi connectivity index (χ3v) is 1.33. The monoisotopic (exact) mass is 141 g/mol. The van der Waals surface area contributed by atoms with Crippen molar-refractivity contribution in [2.24, 2.45) is 0 Å². The smallest absolute Gasteiger partial charge is 0.118 e. The van der Waals surface area contributed by atoms with E-state index in [0.29, 0.717) is 0 Å². The van der Waals surface area contributed by atoms with Crippen LogP contribution in [0.2, 0.25) is 0 Å². The van der Waals surface area contributed by atoms with Crippen molar-refractivity contribution in [2.45, 2.75) is 4.90 Å². The molecule has 0 unspecified atom stereocenters. The molecule has 48 valence electrons. The molecule has 0 atom stereocenters. The summed E-state index contributed by atoms with van der Waals surface area (Å²) in [4.78, 5) is 0.931. The van der Waals surface area contributed by atoms with E-state index in [9.17, 15) is 0 Å². The highest BCUT2D eigenvalue weighted by Gasteiger charge is 1.86. The van der Waals surface area contributed by atoms with Gasteiger partial charge in [0.25, 0.3) is 0 Å². The van der Waals surface area contributed by atoms with Crippen LogP contribution < -0.4 is 4.74 Å². The van der Waals surface area contributed by atoms with Crippen LogP contribution in [0.3, 0.4) is 0 Å². The van der Waals surface area contributed by atoms with E-state index in [4.69, 9.17) is 5.86 Å². The lowest BCUT2D eigenvalue weighted by Crippen LogP contribution is -1.79. The van der Waals surface area contributed by atoms with Crippen molar-refractivity contribution < 1.29 is 4.74 Å². The maximum absolute atomic E-state index is 6.95. The zero-order valence-corrected chi connectivity index (χ0v) is 5.94. The molecule has 0 saturated carbocycles. The molecule has 0 heterocycles. The van der Waals surface area contributed by atoms with Gasteiger partial charge >= 0.3 is 0 Å². The first kappa shape index (κ1) is 5.18. The Kier molecular flexibility index (Phi) is 1.60. The van der Waals surface area contributed by atoms with Crippen LogP contribution in [0.5, 0.6) is 5.75 Å². The molecule has 0 spiro atoms. The molecule has 0 aromatic heterocycles. The topological polar surface area (TPSA) is 9.23 Å². The van der Waals surface area contributed by atoms with Crippen LogP contribution in [0.4, 0.5) is 0 Å². The lowest BCUT2D eigenvalue weighted by atomic mass is 10.3. The van der Waals surface area contributed by atoms with E-state index in [1.807, 2.05) is 24.3 Å². The minimum Gasteiger partial charge on any atom is -0.497 e. The minimum atomic E-state index is 0.831. The lowest BCUT2D eigenvalue weighted by molar-refractivity contribution is 0.414. The summed E-state index contributed by atoms with van der Waals surface area (Å²) in [6.07, 6.45) is 0. The van der Waals surface area contributed by atoms with Gasteiger partial charge in [0, 0.05) is 4.90 Å². The molecule has 0 radical (unpaired) electrons. The maximum Gasteiger partial charge on any atom is 0.118 e. The maximum atomic E-state index is 6.95. The molecule has 1 rings (SSSR count). The third kappa shape index (κ3) is 1.64. The highest BCUT2D eigenvalue weighted by Crippen LogP contribution is 2.12. The molecule has 0 saturated heterocycles. The van der Waals surface area contributed by atoms with Crippen molar-refractivity contribution in [3.63, 3.8) is 0 Å². The first-order valence-corrected chi connectivity index (χ1v) is 3.05. The van der Waals surface area contributed by atoms with Gasteiger partial charge in [0.05, 0.1) is 7.11 Å². The van der Waals surface area contributed by atoms with Crippen LogP contribution in [0.15, 0.2) is 29.2 Å². The van der Waals surface area contributed by atoms with E-state index >= 15 is 0 Å². The van der Waals surface area contributed by atoms with Crippen LogP contribution in [0.25, 0.3) is 0 Å². The van der Waals surface area contributed by atoms with Crippen LogP contribution in [-0.4, -0.2) is 8.23 Å². The molecule has 0 fully saturated rings. The average Bonchev–Trinajstić information content (AvgIpc) is 2.05. The van der Waals surface area contributed by atoms with E-state index in [2.05, 4.69) is 0 Å². The van der Waals surface area contributed by atoms with E-state index in [0.717, 1.165) is 23.2 Å². The fraction of sp³-hybridized carbons (Fsp3) is 0.143. The Hall–Kier alpha value is -0.630. The summed E-state index contributed by atoms with van der Waals surface area (Å²) >= 11 is 0.982. The quantitative estimate of drug-likeness (QED) is 0.620. The largest absolute Gasteiger partial charge is 0.497 e. The molecule has 0 bridgehead atoms. The molecule has 9 heavy (non-hydrogen) atoms. The van der Waals surface area contributed by atoms with Crippen molar-refractivity contribution >= 4 is 12.5 Å². The second kappa shape index (κ2) is 2.78. The average molecular weight is 141 g/mol. The van der Waals surface area contributed by atoms with E-state index in [-0.39, 0.29) is 0 Å². The van der Waals surface area contributed by atoms with Crippen LogP contribution >= 0.6 is 12.5 Å². The minimum absolute atomic E-state index is 0.831. The molecule has 1 nitrogen and oxygen atoms in total. The number of hydrogen-bond donors (Lipinski definition) is 1. The molecule has 0 aliphatic rings. The number of rotatable bonds is 2. The van der Waals surface area contributed by atoms with Gasteiger partial charge < -0.3 is 4.74 Å². The number of hydrogen-bond acceptors (Lipinski definition) is 2. The third-order valence-electron chi connectivity index (χ3n) is 1.06. The molecular weight excluding hydrogens is 132 g/mol. The fourth-order valence-corrected chi connectivity index (χ4v) is 0.712. The fourth-order valence-electron chi connectivity index (χ4n) is 0.576. The predicted octanol–water partition coefficient (Wildman–Crippen LogP) is 1.98. The Morgan fingerprint density at radius 2 is 2.11 bits per heavy atom. The zero-order valence-electron chi connectivity index (χ0n) is 6.13. The summed E-state index contributed by atoms with van der Waals surface area (Å²) in [5, 5.41) is 0. The number of benzene rings is 1. The summed E-state index contributed by atoms with van der Waals surface area (Å²) in [5.41, 5.74) is 0. The van der Waals surface area contributed by atoms with Crippen molar-refractivity contribution in [3.8, 4) is 5.75 Å². The summed E-state index contributed by atoms with van der Waals surface area (Å²) in [6.45, 7) is 0. The number of methoxy groups -OCH3 is 1. The standard InChI is InChI=1S/C7H8OS/c1-8-6-2-4-7(9)5-3-6/h2-5,9H,1H3/i/hD. The Balaban J connectivity index is 2.80. The van der Waals surface area contributed by atoms with Crippen LogP contribution in [0.1, 0.15) is 0 Å². The SMILES string of the molecule is [2H]Sc1ccc(OC)cc1. The predicted molar refractivity (Wildman–Crippen MR) is 40.2 cm³/mol. The second-order valence-electron chi connectivity index (χ2n) is 1.68. The normalized spacial score (nSPS) is 10.6. The van der Waals surface area contributed by atoms with Gasteiger partial charge in [-0.3, -0.25) is 0 Å². The second-order valence-corrected chi connectivity index (χ2v) is 2.15. The molecule has 1 aromatic carbocycles. The Morgan fingerprint density at radius 1 is 1.44 bits per heavy atom. The van der Waals surface area contributed by atoms with Crippen LogP contribution in [-0.2, 0) is 0 Å². The summed E-state index contributed by atoms with van der Waals surface area (Å²) in [5.74, 6) is 0.831. The van der Waals surface area contributed by atoms with E-state index in [1.165, 1.54) is 0 Å². The van der Waals surface area contributed by atoms with Gasteiger partial charge in [-0.05, 0) is 24.3 Å². The molecule has 1 aromatic rings. The highest BCUT2D eigenvalue weighted by atomic mass is 32.1. The van der Waals surface area contributed by atoms with Crippen molar-refractivity contribution in [1.82, 2.24) is 0 Å². The first-order chi connectivity index (χ1) is 4.86. The first-order valence-electron chi connectivity index (χ1n) is 3.05. The van der Waals surface area contributed by atoms with E-state index in [1.54, 1.807) is 7.11 Å². The Morgan fingerprint density at radius 3 is 2.56 bits per heavy atom. The van der Waals surface area contributed by atoms with Crippen LogP contribution in [0, 0.1) is 0 Å². The molecule has 0 N–H and O–H groups in total. The molecule has 0 aliphatic heterocycles. The van der Waals surface area contributed by atoms with Crippen molar-refractivity contribution in [2.75, 3.05) is 7.11 Å². The summed E-state index contributed by atoms with van der Waals surface area (Å²) < 4.78 is 11.9. The molecular formula is C7H8OS. The van der Waals surface area contributed by atoms with Gasteiger partial charge in [0.1, 0.15) is 6.87 Å². The van der Waals surface area contributed by atoms with Gasteiger partial charge in [-0.2, -0.15) is 0 Å². The summed E-state index contributed by atoms with van der Waals surface area (Å²) in [7, 11) is 1.63. The van der Waals surface area contributed by atoms with Gasteiger partial charge in [-0.25, -0.2) is 0 Å². The van der Waals surface area contributed by atoms with Gasteiger partial charge in [0.15, 0.2) is 0 Å². The van der Waals surface area contributed by atoms with E-state index < -0.39 is 0 Å². The van der Waals surface area contributed by atoms with Gasteiger partial charge in [-0.1, -0.05) is 0 Å². The van der Waals surface area contributed by atoms with Gasteiger partial charge in [-0.15, -0.1) is 12.5 Å². The van der Waals surface area contributed by atoms with Crippen molar-refractivity contribution in [1.29, 1.82) is 1.12 Å². The van der Waals surface area contributed by atoms with Crippen molar-refractivity contribution in [3.05, 3.63) is 24.3 Å². The highest BCUT2D eigenvalue weighted by molar-refractivity contribution is 7.80. The Bertz CT molecular complexity index is 174. The molecule has 0 aliphatic carbocycles.